The predicted octanol–water partition coefficient (Wildman–Crippen LogP) is 3.61. The zero-order chi connectivity index (χ0) is 24.9. The highest BCUT2D eigenvalue weighted by Gasteiger charge is 2.29. The molecule has 0 saturated heterocycles. The Morgan fingerprint density at radius 1 is 0.943 bits per heavy atom. The van der Waals surface area contributed by atoms with Crippen LogP contribution in [0.15, 0.2) is 72.8 Å². The van der Waals surface area contributed by atoms with Crippen molar-refractivity contribution >= 4 is 40.4 Å². The Labute approximate surface area is 203 Å². The third kappa shape index (κ3) is 5.07. The highest BCUT2D eigenvalue weighted by atomic mass is 16.4. The van der Waals surface area contributed by atoms with Crippen molar-refractivity contribution in [3.63, 3.8) is 0 Å². The summed E-state index contributed by atoms with van der Waals surface area (Å²) in [5, 5.41) is 18.4. The van der Waals surface area contributed by atoms with E-state index < -0.39 is 5.97 Å². The smallest absolute Gasteiger partial charge is 0.335 e. The molecule has 0 unspecified atom stereocenters. The topological polar surface area (TPSA) is 111 Å². The van der Waals surface area contributed by atoms with E-state index in [-0.39, 0.29) is 17.4 Å². The number of carbonyl (C=O) groups is 3. The molecule has 0 atom stereocenters. The summed E-state index contributed by atoms with van der Waals surface area (Å²) in [6, 6.07) is 21.1. The van der Waals surface area contributed by atoms with E-state index in [1.165, 1.54) is 12.1 Å². The molecule has 178 valence electrons. The molecular formula is C27H26N4O4. The van der Waals surface area contributed by atoms with Crippen LogP contribution in [0.5, 0.6) is 0 Å². The van der Waals surface area contributed by atoms with Gasteiger partial charge < -0.3 is 26.0 Å². The number of amides is 2. The van der Waals surface area contributed by atoms with Gasteiger partial charge in [0, 0.05) is 37.0 Å². The predicted molar refractivity (Wildman–Crippen MR) is 136 cm³/mol. The molecule has 4 N–H and O–H groups in total. The third-order valence-electron chi connectivity index (χ3n) is 5.77. The van der Waals surface area contributed by atoms with Gasteiger partial charge in [0.2, 0.25) is 0 Å². The number of carboxylic acid groups (broad SMARTS) is 1. The number of nitrogens with one attached hydrogen (secondary N) is 3. The Morgan fingerprint density at radius 3 is 2.29 bits per heavy atom. The minimum Gasteiger partial charge on any atom is -0.478 e. The van der Waals surface area contributed by atoms with Crippen LogP contribution in [0.1, 0.15) is 31.8 Å². The second kappa shape index (κ2) is 10.2. The number of benzene rings is 3. The number of fused-ring (bicyclic) bond motifs is 1. The van der Waals surface area contributed by atoms with Gasteiger partial charge in [-0.25, -0.2) is 4.79 Å². The average molecular weight is 471 g/mol. The minimum absolute atomic E-state index is 0.0771. The fraction of sp³-hybridized carbons (Fsp3) is 0.148. The first-order valence-electron chi connectivity index (χ1n) is 11.1. The molecule has 0 radical (unpaired) electrons. The zero-order valence-corrected chi connectivity index (χ0v) is 19.5. The summed E-state index contributed by atoms with van der Waals surface area (Å²) in [5.74, 6) is -1.47. The molecule has 1 aliphatic rings. The van der Waals surface area contributed by atoms with Gasteiger partial charge in [0.05, 0.1) is 22.5 Å². The Bertz CT molecular complexity index is 1300. The van der Waals surface area contributed by atoms with Gasteiger partial charge in [-0.15, -0.1) is 0 Å². The maximum atomic E-state index is 13.0. The average Bonchev–Trinajstić information content (AvgIpc) is 3.20. The molecule has 35 heavy (non-hydrogen) atoms. The fourth-order valence-electron chi connectivity index (χ4n) is 3.88. The molecule has 3 aromatic carbocycles. The van der Waals surface area contributed by atoms with Crippen molar-refractivity contribution in [2.45, 2.75) is 0 Å². The van der Waals surface area contributed by atoms with Crippen molar-refractivity contribution < 1.29 is 19.5 Å². The van der Waals surface area contributed by atoms with Crippen LogP contribution >= 0.6 is 0 Å². The fourth-order valence-corrected chi connectivity index (χ4v) is 3.88. The van der Waals surface area contributed by atoms with Crippen molar-refractivity contribution in [2.75, 3.05) is 37.8 Å². The SMILES string of the molecule is CNCCN(C)C(=O)c1ccc(N/C(=C2\C(=O)Nc3cc(C(=O)O)ccc32)c2ccccc2)cc1. The molecule has 1 heterocycles. The number of hydrogen-bond donors (Lipinski definition) is 4. The van der Waals surface area contributed by atoms with Crippen LogP contribution < -0.4 is 16.0 Å². The quantitative estimate of drug-likeness (QED) is 0.375. The molecule has 3 aromatic rings. The van der Waals surface area contributed by atoms with E-state index >= 15 is 0 Å². The summed E-state index contributed by atoms with van der Waals surface area (Å²) < 4.78 is 0. The lowest BCUT2D eigenvalue weighted by atomic mass is 9.99. The van der Waals surface area contributed by atoms with E-state index in [9.17, 15) is 19.5 Å². The van der Waals surface area contributed by atoms with Crippen molar-refractivity contribution in [3.8, 4) is 0 Å². The van der Waals surface area contributed by atoms with Crippen LogP contribution in [-0.4, -0.2) is 55.0 Å². The van der Waals surface area contributed by atoms with Crippen LogP contribution in [0.4, 0.5) is 11.4 Å². The zero-order valence-electron chi connectivity index (χ0n) is 19.5. The van der Waals surface area contributed by atoms with Gasteiger partial charge in [0.15, 0.2) is 0 Å². The van der Waals surface area contributed by atoms with Gasteiger partial charge in [-0.1, -0.05) is 36.4 Å². The number of anilines is 2. The summed E-state index contributed by atoms with van der Waals surface area (Å²) in [7, 11) is 3.60. The molecule has 0 bridgehead atoms. The summed E-state index contributed by atoms with van der Waals surface area (Å²) in [6.07, 6.45) is 0. The van der Waals surface area contributed by atoms with E-state index in [1.54, 1.807) is 42.3 Å². The Morgan fingerprint density at radius 2 is 1.63 bits per heavy atom. The van der Waals surface area contributed by atoms with Crippen LogP contribution in [0.3, 0.4) is 0 Å². The third-order valence-corrected chi connectivity index (χ3v) is 5.77. The van der Waals surface area contributed by atoms with E-state index in [4.69, 9.17) is 0 Å². The lowest BCUT2D eigenvalue weighted by molar-refractivity contribution is -0.110. The molecule has 0 saturated carbocycles. The highest BCUT2D eigenvalue weighted by molar-refractivity contribution is 6.37. The van der Waals surface area contributed by atoms with Crippen LogP contribution in [0.25, 0.3) is 11.3 Å². The molecule has 8 nitrogen and oxygen atoms in total. The molecule has 0 spiro atoms. The van der Waals surface area contributed by atoms with Crippen LogP contribution in [-0.2, 0) is 4.79 Å². The van der Waals surface area contributed by atoms with Gasteiger partial charge in [-0.05, 0) is 49.0 Å². The first-order valence-corrected chi connectivity index (χ1v) is 11.1. The summed E-state index contributed by atoms with van der Waals surface area (Å²) in [6.45, 7) is 1.30. The maximum Gasteiger partial charge on any atom is 0.335 e. The summed E-state index contributed by atoms with van der Waals surface area (Å²) in [4.78, 5) is 38.7. The number of carboxylic acids is 1. The molecule has 8 heteroatoms. The van der Waals surface area contributed by atoms with Crippen LogP contribution in [0, 0.1) is 0 Å². The second-order valence-corrected chi connectivity index (χ2v) is 8.17. The van der Waals surface area contributed by atoms with Crippen molar-refractivity contribution in [3.05, 3.63) is 95.1 Å². The number of hydrogen-bond acceptors (Lipinski definition) is 5. The molecule has 2 amide bonds. The molecule has 0 aromatic heterocycles. The monoisotopic (exact) mass is 470 g/mol. The van der Waals surface area contributed by atoms with Gasteiger partial charge in [-0.3, -0.25) is 9.59 Å². The maximum absolute atomic E-state index is 13.0. The second-order valence-electron chi connectivity index (χ2n) is 8.17. The van der Waals surface area contributed by atoms with Crippen LogP contribution in [0.2, 0.25) is 0 Å². The lowest BCUT2D eigenvalue weighted by Gasteiger charge is -2.18. The van der Waals surface area contributed by atoms with E-state index in [0.29, 0.717) is 46.9 Å². The minimum atomic E-state index is -1.06. The molecule has 0 fully saturated rings. The first-order chi connectivity index (χ1) is 16.9. The van der Waals surface area contributed by atoms with Gasteiger partial charge >= 0.3 is 5.97 Å². The van der Waals surface area contributed by atoms with Crippen molar-refractivity contribution in [1.82, 2.24) is 10.2 Å². The number of nitrogens with zero attached hydrogens (tertiary/aromatic N) is 1. The Kier molecular flexibility index (Phi) is 6.93. The standard InChI is InChI=1S/C27H26N4O4/c1-28-14-15-31(2)26(33)18-8-11-20(12-9-18)29-24(17-6-4-3-5-7-17)23-21-13-10-19(27(34)35)16-22(21)30-25(23)32/h3-13,16,28-29H,14-15H2,1-2H3,(H,30,32)(H,34,35)/b24-23-. The summed E-state index contributed by atoms with van der Waals surface area (Å²) in [5.41, 5.74) is 4.21. The van der Waals surface area contributed by atoms with Gasteiger partial charge in [-0.2, -0.15) is 0 Å². The Balaban J connectivity index is 1.70. The van der Waals surface area contributed by atoms with Crippen molar-refractivity contribution in [1.29, 1.82) is 0 Å². The van der Waals surface area contributed by atoms with E-state index in [0.717, 1.165) is 5.56 Å². The molecule has 4 rings (SSSR count). The Hall–Kier alpha value is -4.43. The number of rotatable bonds is 8. The normalized spacial score (nSPS) is 13.6. The first kappa shape index (κ1) is 23.7. The lowest BCUT2D eigenvalue weighted by Crippen LogP contribution is -2.32. The van der Waals surface area contributed by atoms with Crippen molar-refractivity contribution in [2.24, 2.45) is 0 Å². The van der Waals surface area contributed by atoms with Gasteiger partial charge in [0.1, 0.15) is 0 Å². The largest absolute Gasteiger partial charge is 0.478 e. The number of aromatic carboxylic acids is 1. The van der Waals surface area contributed by atoms with E-state index in [1.807, 2.05) is 37.4 Å². The summed E-state index contributed by atoms with van der Waals surface area (Å²) >= 11 is 0. The molecule has 0 aliphatic carbocycles. The number of carbonyl (C=O) groups excluding carboxylic acids is 2. The van der Waals surface area contributed by atoms with E-state index in [2.05, 4.69) is 16.0 Å². The number of likely N-dealkylation sites (N-methyl/N-ethyl adjacent to an activating group) is 2. The highest BCUT2D eigenvalue weighted by Crippen LogP contribution is 2.38. The molecular weight excluding hydrogens is 444 g/mol. The molecule has 1 aliphatic heterocycles. The van der Waals surface area contributed by atoms with Gasteiger partial charge in [0.25, 0.3) is 11.8 Å².